The van der Waals surface area contributed by atoms with Crippen LogP contribution >= 0.6 is 23.2 Å². The lowest BCUT2D eigenvalue weighted by atomic mass is 9.86. The van der Waals surface area contributed by atoms with Crippen molar-refractivity contribution >= 4 is 41.2 Å². The predicted octanol–water partition coefficient (Wildman–Crippen LogP) is 4.28. The van der Waals surface area contributed by atoms with Gasteiger partial charge in [0.2, 0.25) is 0 Å². The van der Waals surface area contributed by atoms with Gasteiger partial charge in [-0.15, -0.1) is 0 Å². The molecule has 31 heavy (non-hydrogen) atoms. The maximum atomic E-state index is 12.5. The number of ether oxygens (including phenoxy) is 1. The number of hydrogen-bond donors (Lipinski definition) is 3. The smallest absolute Gasteiger partial charge is 0.326 e. The van der Waals surface area contributed by atoms with Crippen LogP contribution in [0.2, 0.25) is 10.0 Å². The van der Waals surface area contributed by atoms with E-state index in [1.54, 1.807) is 18.2 Å². The Hall–Kier alpha value is -2.38. The van der Waals surface area contributed by atoms with Gasteiger partial charge < -0.3 is 20.3 Å². The summed E-state index contributed by atoms with van der Waals surface area (Å²) in [5, 5.41) is 23.0. The van der Waals surface area contributed by atoms with Crippen LogP contribution in [0.3, 0.4) is 0 Å². The Morgan fingerprint density at radius 3 is 2.29 bits per heavy atom. The minimum absolute atomic E-state index is 0.0442. The third-order valence-corrected chi connectivity index (χ3v) is 5.87. The first-order chi connectivity index (χ1) is 14.8. The van der Waals surface area contributed by atoms with Crippen LogP contribution in [0.4, 0.5) is 0 Å². The quantitative estimate of drug-likeness (QED) is 0.569. The van der Waals surface area contributed by atoms with E-state index in [0.29, 0.717) is 26.1 Å². The third-order valence-electron chi connectivity index (χ3n) is 5.24. The Balaban J connectivity index is 1.63. The van der Waals surface area contributed by atoms with Crippen LogP contribution in [0.1, 0.15) is 40.7 Å². The summed E-state index contributed by atoms with van der Waals surface area (Å²) in [6.07, 6.45) is 4.62. The molecule has 2 aromatic carbocycles. The Morgan fingerprint density at radius 1 is 1.10 bits per heavy atom. The zero-order valence-corrected chi connectivity index (χ0v) is 18.2. The first-order valence-corrected chi connectivity index (χ1v) is 10.6. The molecule has 1 saturated heterocycles. The summed E-state index contributed by atoms with van der Waals surface area (Å²) in [4.78, 5) is 24.0. The van der Waals surface area contributed by atoms with Crippen molar-refractivity contribution in [2.45, 2.75) is 30.9 Å². The van der Waals surface area contributed by atoms with Crippen molar-refractivity contribution in [2.75, 3.05) is 13.2 Å². The molecule has 1 amide bonds. The number of aliphatic carboxylic acids is 1. The number of carboxylic acids is 1. The highest BCUT2D eigenvalue weighted by Gasteiger charge is 2.31. The number of rotatable bonds is 7. The molecule has 2 aromatic rings. The topological polar surface area (TPSA) is 95.9 Å². The fraction of sp³-hybridized carbons (Fsp3) is 0.304. The standard InChI is InChI=1S/C23H23Cl2NO5/c24-17-4-2-5-18(25)20(17)21(27)26-19(22(28)29)6-1-3-15-7-9-16(10-8-15)23(30)11-13-31-14-12-23/h1-5,7-10,19,30H,6,11-14H2,(H,26,27)(H,28,29). The fourth-order valence-electron chi connectivity index (χ4n) is 3.41. The van der Waals surface area contributed by atoms with Crippen LogP contribution in [0.5, 0.6) is 0 Å². The third kappa shape index (κ3) is 5.86. The lowest BCUT2D eigenvalue weighted by Crippen LogP contribution is -2.40. The van der Waals surface area contributed by atoms with E-state index in [4.69, 9.17) is 27.9 Å². The van der Waals surface area contributed by atoms with Crippen molar-refractivity contribution in [1.29, 1.82) is 0 Å². The molecule has 3 N–H and O–H groups in total. The molecule has 1 heterocycles. The molecule has 1 aliphatic heterocycles. The molecule has 0 bridgehead atoms. The van der Waals surface area contributed by atoms with Gasteiger partial charge in [0, 0.05) is 26.1 Å². The maximum absolute atomic E-state index is 12.5. The van der Waals surface area contributed by atoms with Gasteiger partial charge in [-0.25, -0.2) is 4.79 Å². The molecule has 6 nitrogen and oxygen atoms in total. The molecule has 0 radical (unpaired) electrons. The highest BCUT2D eigenvalue weighted by Crippen LogP contribution is 2.32. The highest BCUT2D eigenvalue weighted by atomic mass is 35.5. The number of carboxylic acid groups (broad SMARTS) is 1. The molecule has 0 aliphatic carbocycles. The second kappa shape index (κ2) is 10.3. The van der Waals surface area contributed by atoms with Gasteiger partial charge in [-0.2, -0.15) is 0 Å². The van der Waals surface area contributed by atoms with E-state index < -0.39 is 23.5 Å². The first-order valence-electron chi connectivity index (χ1n) is 9.85. The molecule has 0 spiro atoms. The largest absolute Gasteiger partial charge is 0.480 e. The van der Waals surface area contributed by atoms with E-state index in [9.17, 15) is 19.8 Å². The molecule has 1 atom stereocenters. The van der Waals surface area contributed by atoms with E-state index in [1.165, 1.54) is 12.1 Å². The van der Waals surface area contributed by atoms with Gasteiger partial charge in [-0.3, -0.25) is 4.79 Å². The lowest BCUT2D eigenvalue weighted by Gasteiger charge is -2.32. The van der Waals surface area contributed by atoms with Crippen molar-refractivity contribution in [1.82, 2.24) is 5.32 Å². The second-order valence-electron chi connectivity index (χ2n) is 7.36. The van der Waals surface area contributed by atoms with Gasteiger partial charge in [-0.1, -0.05) is 65.7 Å². The monoisotopic (exact) mass is 463 g/mol. The molecular formula is C23H23Cl2NO5. The van der Waals surface area contributed by atoms with Crippen molar-refractivity contribution in [3.63, 3.8) is 0 Å². The number of carbonyl (C=O) groups is 2. The number of nitrogens with one attached hydrogen (secondary N) is 1. The molecule has 0 aromatic heterocycles. The van der Waals surface area contributed by atoms with Crippen LogP contribution < -0.4 is 5.32 Å². The van der Waals surface area contributed by atoms with Gasteiger partial charge in [0.15, 0.2) is 0 Å². The van der Waals surface area contributed by atoms with Crippen LogP contribution in [-0.2, 0) is 15.1 Å². The number of halogens is 2. The summed E-state index contributed by atoms with van der Waals surface area (Å²) in [6.45, 7) is 1.06. The molecule has 0 saturated carbocycles. The van der Waals surface area contributed by atoms with Crippen LogP contribution in [-0.4, -0.2) is 41.3 Å². The first kappa shape index (κ1) is 23.3. The fourth-order valence-corrected chi connectivity index (χ4v) is 3.98. The lowest BCUT2D eigenvalue weighted by molar-refractivity contribution is -0.139. The molecule has 164 valence electrons. The predicted molar refractivity (Wildman–Crippen MR) is 119 cm³/mol. The summed E-state index contributed by atoms with van der Waals surface area (Å²) < 4.78 is 5.31. The Morgan fingerprint density at radius 2 is 1.71 bits per heavy atom. The van der Waals surface area contributed by atoms with Crippen LogP contribution in [0.15, 0.2) is 48.5 Å². The minimum atomic E-state index is -1.17. The van der Waals surface area contributed by atoms with Crippen molar-refractivity contribution in [2.24, 2.45) is 0 Å². The highest BCUT2D eigenvalue weighted by molar-refractivity contribution is 6.39. The van der Waals surface area contributed by atoms with Crippen LogP contribution in [0.25, 0.3) is 6.08 Å². The normalized spacial score (nSPS) is 16.7. The van der Waals surface area contributed by atoms with Gasteiger partial charge in [0.05, 0.1) is 21.2 Å². The number of amides is 1. The SMILES string of the molecule is O=C(NC(CC=Cc1ccc(C2(O)CCOCC2)cc1)C(=O)O)c1c(Cl)cccc1Cl. The summed E-state index contributed by atoms with van der Waals surface area (Å²) in [6, 6.07) is 10.9. The maximum Gasteiger partial charge on any atom is 0.326 e. The van der Waals surface area contributed by atoms with Crippen molar-refractivity contribution in [3.8, 4) is 0 Å². The van der Waals surface area contributed by atoms with E-state index in [1.807, 2.05) is 24.3 Å². The van der Waals surface area contributed by atoms with Gasteiger partial charge in [0.1, 0.15) is 6.04 Å². The van der Waals surface area contributed by atoms with E-state index >= 15 is 0 Å². The van der Waals surface area contributed by atoms with Gasteiger partial charge >= 0.3 is 5.97 Å². The molecule has 8 heteroatoms. The molecule has 1 fully saturated rings. The van der Waals surface area contributed by atoms with E-state index in [2.05, 4.69) is 5.32 Å². The average Bonchev–Trinajstić information content (AvgIpc) is 2.74. The summed E-state index contributed by atoms with van der Waals surface area (Å²) >= 11 is 12.0. The number of hydrogen-bond acceptors (Lipinski definition) is 4. The Labute approximate surface area is 190 Å². The van der Waals surface area contributed by atoms with Gasteiger partial charge in [0.25, 0.3) is 5.91 Å². The Bertz CT molecular complexity index is 948. The number of carbonyl (C=O) groups excluding carboxylic acids is 1. The van der Waals surface area contributed by atoms with E-state index in [-0.39, 0.29) is 22.0 Å². The molecule has 1 aliphatic rings. The molecular weight excluding hydrogens is 441 g/mol. The van der Waals surface area contributed by atoms with Gasteiger partial charge in [-0.05, 0) is 29.7 Å². The second-order valence-corrected chi connectivity index (χ2v) is 8.18. The number of aliphatic hydroxyl groups is 1. The number of benzene rings is 2. The minimum Gasteiger partial charge on any atom is -0.480 e. The zero-order valence-electron chi connectivity index (χ0n) is 16.7. The average molecular weight is 464 g/mol. The van der Waals surface area contributed by atoms with Crippen molar-refractivity contribution in [3.05, 3.63) is 75.3 Å². The summed E-state index contributed by atoms with van der Waals surface area (Å²) in [5.74, 6) is -1.82. The summed E-state index contributed by atoms with van der Waals surface area (Å²) in [5.41, 5.74) is 0.853. The Kier molecular flexibility index (Phi) is 7.73. The molecule has 3 rings (SSSR count). The summed E-state index contributed by atoms with van der Waals surface area (Å²) in [7, 11) is 0. The van der Waals surface area contributed by atoms with Crippen LogP contribution in [0, 0.1) is 0 Å². The van der Waals surface area contributed by atoms with Crippen molar-refractivity contribution < 1.29 is 24.5 Å². The molecule has 1 unspecified atom stereocenters. The zero-order chi connectivity index (χ0) is 22.4. The van der Waals surface area contributed by atoms with E-state index in [0.717, 1.165) is 11.1 Å².